The number of rotatable bonds is 2. The molecule has 2 aromatic heterocycles. The molecule has 1 nitrogen and oxygen atoms in total. The quantitative estimate of drug-likeness (QED) is 0.318. The molecule has 0 spiro atoms. The largest absolute Gasteiger partial charge is 0.256 e. The molecule has 27 heavy (non-hydrogen) atoms. The summed E-state index contributed by atoms with van der Waals surface area (Å²) < 4.78 is 40.4. The number of halogens is 1. The second kappa shape index (κ2) is 6.29. The minimum absolute atomic E-state index is 0.253. The van der Waals surface area contributed by atoms with Crippen molar-refractivity contribution in [2.24, 2.45) is 0 Å². The van der Waals surface area contributed by atoms with E-state index in [1.54, 1.807) is 18.3 Å². The summed E-state index contributed by atoms with van der Waals surface area (Å²) >= 11 is 1.49. The third kappa shape index (κ3) is 2.63. The van der Waals surface area contributed by atoms with Crippen molar-refractivity contribution < 1.29 is 8.50 Å². The van der Waals surface area contributed by atoms with Gasteiger partial charge in [0.1, 0.15) is 5.82 Å². The standard InChI is InChI=1S/C24H16FNS/c1-15-13-21(26-14-19(15)16-7-3-2-4-8-16)17-9-5-10-18-23-20(25)11-6-12-22(23)27-24(17)18/h2-14H,1H3/i1D3. The Hall–Kier alpha value is -3.04. The predicted octanol–water partition coefficient (Wildman–Crippen LogP) is 7.23. The first-order chi connectivity index (χ1) is 14.4. The van der Waals surface area contributed by atoms with E-state index in [1.807, 2.05) is 54.6 Å². The van der Waals surface area contributed by atoms with Crippen LogP contribution in [0.3, 0.4) is 0 Å². The number of fused-ring (bicyclic) bond motifs is 3. The van der Waals surface area contributed by atoms with E-state index in [0.29, 0.717) is 16.6 Å². The molecular formula is C24H16FNS. The van der Waals surface area contributed by atoms with Gasteiger partial charge in [0.15, 0.2) is 0 Å². The van der Waals surface area contributed by atoms with Crippen molar-refractivity contribution in [2.45, 2.75) is 6.85 Å². The second-order valence-electron chi connectivity index (χ2n) is 6.38. The van der Waals surface area contributed by atoms with Gasteiger partial charge in [-0.1, -0.05) is 54.6 Å². The Morgan fingerprint density at radius 2 is 1.78 bits per heavy atom. The molecule has 0 unspecified atom stereocenters. The first-order valence-electron chi connectivity index (χ1n) is 10.1. The zero-order valence-electron chi connectivity index (χ0n) is 17.2. The van der Waals surface area contributed by atoms with Crippen molar-refractivity contribution in [3.05, 3.63) is 90.4 Å². The molecule has 0 saturated heterocycles. The first kappa shape index (κ1) is 13.2. The summed E-state index contributed by atoms with van der Waals surface area (Å²) in [7, 11) is 0. The Balaban J connectivity index is 1.76. The molecule has 0 atom stereocenters. The van der Waals surface area contributed by atoms with Crippen molar-refractivity contribution in [3.63, 3.8) is 0 Å². The Kier molecular flexibility index (Phi) is 3.07. The zero-order chi connectivity index (χ0) is 20.9. The van der Waals surface area contributed by atoms with Crippen LogP contribution in [0.1, 0.15) is 9.68 Å². The average molecular weight is 372 g/mol. The number of hydrogen-bond acceptors (Lipinski definition) is 2. The van der Waals surface area contributed by atoms with E-state index in [2.05, 4.69) is 4.98 Å². The van der Waals surface area contributed by atoms with Crippen LogP contribution in [0.4, 0.5) is 4.39 Å². The highest BCUT2D eigenvalue weighted by molar-refractivity contribution is 7.26. The van der Waals surface area contributed by atoms with Crippen LogP contribution in [-0.2, 0) is 0 Å². The van der Waals surface area contributed by atoms with Crippen LogP contribution in [0.15, 0.2) is 79.0 Å². The van der Waals surface area contributed by atoms with Gasteiger partial charge in [0.25, 0.3) is 0 Å². The summed E-state index contributed by atoms with van der Waals surface area (Å²) in [5.41, 5.74) is 3.03. The molecular weight excluding hydrogens is 353 g/mol. The van der Waals surface area contributed by atoms with Crippen molar-refractivity contribution in [1.82, 2.24) is 4.98 Å². The van der Waals surface area contributed by atoms with Crippen LogP contribution in [0.2, 0.25) is 0 Å². The topological polar surface area (TPSA) is 12.9 Å². The molecule has 0 aliphatic rings. The van der Waals surface area contributed by atoms with E-state index >= 15 is 0 Å². The lowest BCUT2D eigenvalue weighted by Crippen LogP contribution is -1.89. The van der Waals surface area contributed by atoms with Gasteiger partial charge in [-0.3, -0.25) is 4.98 Å². The molecule has 3 aromatic carbocycles. The van der Waals surface area contributed by atoms with Gasteiger partial charge in [-0.25, -0.2) is 4.39 Å². The SMILES string of the molecule is [2H]C([2H])([2H])c1cc(-c2cccc3c2sc2cccc(F)c23)ncc1-c1ccccc1. The third-order valence-corrected chi connectivity index (χ3v) is 5.94. The van der Waals surface area contributed by atoms with Crippen molar-refractivity contribution in [2.75, 3.05) is 0 Å². The number of thiophene rings is 1. The highest BCUT2D eigenvalue weighted by atomic mass is 32.1. The molecule has 5 rings (SSSR count). The fourth-order valence-electron chi connectivity index (χ4n) is 3.46. The predicted molar refractivity (Wildman–Crippen MR) is 113 cm³/mol. The summed E-state index contributed by atoms with van der Waals surface area (Å²) in [6.07, 6.45) is 1.62. The van der Waals surface area contributed by atoms with Crippen LogP contribution >= 0.6 is 11.3 Å². The van der Waals surface area contributed by atoms with Gasteiger partial charge in [-0.2, -0.15) is 0 Å². The van der Waals surface area contributed by atoms with Gasteiger partial charge in [0, 0.05) is 41.6 Å². The summed E-state index contributed by atoms with van der Waals surface area (Å²) in [5, 5.41) is 1.41. The van der Waals surface area contributed by atoms with Gasteiger partial charge in [0.05, 0.1) is 5.69 Å². The summed E-state index contributed by atoms with van der Waals surface area (Å²) in [6, 6.07) is 21.7. The fourth-order valence-corrected chi connectivity index (χ4v) is 4.70. The molecule has 0 amide bonds. The lowest BCUT2D eigenvalue weighted by atomic mass is 10.00. The number of aromatic nitrogens is 1. The molecule has 5 aromatic rings. The van der Waals surface area contributed by atoms with Gasteiger partial charge in [-0.15, -0.1) is 11.3 Å². The van der Waals surface area contributed by atoms with Crippen LogP contribution < -0.4 is 0 Å². The first-order valence-corrected chi connectivity index (χ1v) is 9.41. The van der Waals surface area contributed by atoms with Gasteiger partial charge < -0.3 is 0 Å². The molecule has 130 valence electrons. The lowest BCUT2D eigenvalue weighted by molar-refractivity contribution is 0.641. The zero-order valence-corrected chi connectivity index (χ0v) is 15.1. The van der Waals surface area contributed by atoms with E-state index < -0.39 is 6.85 Å². The van der Waals surface area contributed by atoms with E-state index in [0.717, 1.165) is 25.9 Å². The van der Waals surface area contributed by atoms with E-state index in [4.69, 9.17) is 4.11 Å². The smallest absolute Gasteiger partial charge is 0.132 e. The highest BCUT2D eigenvalue weighted by Gasteiger charge is 2.14. The van der Waals surface area contributed by atoms with Gasteiger partial charge in [-0.05, 0) is 36.2 Å². The second-order valence-corrected chi connectivity index (χ2v) is 7.43. The van der Waals surface area contributed by atoms with Crippen LogP contribution in [-0.4, -0.2) is 4.98 Å². The lowest BCUT2D eigenvalue weighted by Gasteiger charge is -2.09. The minimum Gasteiger partial charge on any atom is -0.256 e. The maximum absolute atomic E-state index is 14.5. The summed E-state index contributed by atoms with van der Waals surface area (Å²) in [6.45, 7) is -2.29. The van der Waals surface area contributed by atoms with Crippen molar-refractivity contribution in [1.29, 1.82) is 0 Å². The van der Waals surface area contributed by atoms with Crippen LogP contribution in [0, 0.1) is 12.7 Å². The minimum atomic E-state index is -2.29. The molecule has 0 aliphatic carbocycles. The third-order valence-electron chi connectivity index (χ3n) is 4.74. The van der Waals surface area contributed by atoms with E-state index in [9.17, 15) is 4.39 Å². The van der Waals surface area contributed by atoms with E-state index in [-0.39, 0.29) is 11.4 Å². The van der Waals surface area contributed by atoms with E-state index in [1.165, 1.54) is 17.4 Å². The van der Waals surface area contributed by atoms with Crippen LogP contribution in [0.25, 0.3) is 42.6 Å². The number of benzene rings is 3. The molecule has 0 fully saturated rings. The molecule has 0 radical (unpaired) electrons. The number of aryl methyl sites for hydroxylation is 1. The average Bonchev–Trinajstić information content (AvgIpc) is 3.13. The molecule has 2 heterocycles. The Labute approximate surface area is 165 Å². The molecule has 0 aliphatic heterocycles. The summed E-state index contributed by atoms with van der Waals surface area (Å²) in [5.74, 6) is -0.258. The Bertz CT molecular complexity index is 1390. The maximum Gasteiger partial charge on any atom is 0.132 e. The monoisotopic (exact) mass is 372 g/mol. The normalized spacial score (nSPS) is 13.4. The van der Waals surface area contributed by atoms with Crippen molar-refractivity contribution >= 4 is 31.5 Å². The highest BCUT2D eigenvalue weighted by Crippen LogP contribution is 2.40. The van der Waals surface area contributed by atoms with Gasteiger partial charge >= 0.3 is 0 Å². The number of pyridine rings is 1. The molecule has 0 bridgehead atoms. The summed E-state index contributed by atoms with van der Waals surface area (Å²) in [4.78, 5) is 4.61. The Morgan fingerprint density at radius 3 is 2.63 bits per heavy atom. The molecule has 0 N–H and O–H groups in total. The van der Waals surface area contributed by atoms with Crippen molar-refractivity contribution in [3.8, 4) is 22.4 Å². The molecule has 3 heteroatoms. The number of nitrogens with zero attached hydrogens (tertiary/aromatic N) is 1. The number of hydrogen-bond donors (Lipinski definition) is 0. The molecule has 0 saturated carbocycles. The maximum atomic E-state index is 14.5. The van der Waals surface area contributed by atoms with Gasteiger partial charge in [0.2, 0.25) is 0 Å². The fraction of sp³-hybridized carbons (Fsp3) is 0.0417. The Morgan fingerprint density at radius 1 is 0.926 bits per heavy atom. The van der Waals surface area contributed by atoms with Crippen LogP contribution in [0.5, 0.6) is 0 Å².